The molecule has 1 unspecified atom stereocenters. The maximum atomic E-state index is 9.58. The Kier molecular flexibility index (Phi) is 2.76. The summed E-state index contributed by atoms with van der Waals surface area (Å²) in [7, 11) is 0. The van der Waals surface area contributed by atoms with Gasteiger partial charge in [0.25, 0.3) is 0 Å². The molecule has 6 nitrogen and oxygen atoms in total. The summed E-state index contributed by atoms with van der Waals surface area (Å²) in [5.74, 6) is 0.430. The second kappa shape index (κ2) is 4.07. The summed E-state index contributed by atoms with van der Waals surface area (Å²) >= 11 is 0. The predicted octanol–water partition coefficient (Wildman–Crippen LogP) is -0.116. The lowest BCUT2D eigenvalue weighted by atomic mass is 10.1. The third-order valence-corrected chi connectivity index (χ3v) is 2.21. The molecular formula is C10H14N4O2. The number of hydrogen-bond acceptors (Lipinski definition) is 5. The van der Waals surface area contributed by atoms with Crippen LogP contribution in [0.4, 0.5) is 5.95 Å². The number of aromatic nitrogens is 3. The molecule has 0 saturated heterocycles. The van der Waals surface area contributed by atoms with Crippen molar-refractivity contribution in [3.8, 4) is 0 Å². The van der Waals surface area contributed by atoms with Crippen LogP contribution in [0.3, 0.4) is 0 Å². The van der Waals surface area contributed by atoms with Gasteiger partial charge in [0.15, 0.2) is 5.65 Å². The molecule has 1 atom stereocenters. The maximum absolute atomic E-state index is 9.58. The van der Waals surface area contributed by atoms with Crippen LogP contribution in [-0.4, -0.2) is 43.6 Å². The molecule has 0 aromatic carbocycles. The van der Waals surface area contributed by atoms with E-state index in [4.69, 9.17) is 5.11 Å². The van der Waals surface area contributed by atoms with Gasteiger partial charge in [-0.3, -0.25) is 0 Å². The molecule has 0 aliphatic rings. The van der Waals surface area contributed by atoms with Crippen LogP contribution in [0.1, 0.15) is 6.92 Å². The summed E-state index contributed by atoms with van der Waals surface area (Å²) in [6, 6.07) is 5.56. The van der Waals surface area contributed by atoms with Crippen molar-refractivity contribution in [2.75, 3.05) is 18.5 Å². The fourth-order valence-corrected chi connectivity index (χ4v) is 1.23. The summed E-state index contributed by atoms with van der Waals surface area (Å²) in [5, 5.41) is 25.5. The second-order valence-electron chi connectivity index (χ2n) is 3.95. The summed E-state index contributed by atoms with van der Waals surface area (Å²) in [4.78, 5) is 4.20. The van der Waals surface area contributed by atoms with E-state index in [-0.39, 0.29) is 13.2 Å². The van der Waals surface area contributed by atoms with Gasteiger partial charge in [-0.15, -0.1) is 5.10 Å². The van der Waals surface area contributed by atoms with Crippen LogP contribution in [-0.2, 0) is 0 Å². The third-order valence-electron chi connectivity index (χ3n) is 2.21. The molecule has 0 aliphatic carbocycles. The monoisotopic (exact) mass is 222 g/mol. The van der Waals surface area contributed by atoms with Gasteiger partial charge >= 0.3 is 0 Å². The van der Waals surface area contributed by atoms with Gasteiger partial charge in [0.1, 0.15) is 5.60 Å². The van der Waals surface area contributed by atoms with Gasteiger partial charge in [0, 0.05) is 12.7 Å². The maximum Gasteiger partial charge on any atom is 0.243 e. The van der Waals surface area contributed by atoms with E-state index in [9.17, 15) is 5.11 Å². The zero-order chi connectivity index (χ0) is 11.6. The standard InChI is InChI=1S/C10H14N4O2/c1-10(16,7-15)6-11-9-12-8-4-2-3-5-14(8)13-9/h2-5,15-16H,6-7H2,1H3,(H,11,13). The second-order valence-corrected chi connectivity index (χ2v) is 3.95. The van der Waals surface area contributed by atoms with Crippen LogP contribution >= 0.6 is 0 Å². The highest BCUT2D eigenvalue weighted by Crippen LogP contribution is 2.07. The molecule has 0 spiro atoms. The van der Waals surface area contributed by atoms with E-state index in [0.29, 0.717) is 5.95 Å². The van der Waals surface area contributed by atoms with Crippen LogP contribution < -0.4 is 5.32 Å². The Morgan fingerprint density at radius 2 is 2.31 bits per heavy atom. The van der Waals surface area contributed by atoms with Gasteiger partial charge in [-0.1, -0.05) is 6.07 Å². The number of nitrogens with one attached hydrogen (secondary N) is 1. The van der Waals surface area contributed by atoms with E-state index < -0.39 is 5.60 Å². The van der Waals surface area contributed by atoms with Crippen molar-refractivity contribution in [1.29, 1.82) is 0 Å². The first-order valence-corrected chi connectivity index (χ1v) is 4.99. The zero-order valence-electron chi connectivity index (χ0n) is 8.96. The molecule has 0 amide bonds. The minimum Gasteiger partial charge on any atom is -0.393 e. The lowest BCUT2D eigenvalue weighted by molar-refractivity contribution is 0.0131. The highest BCUT2D eigenvalue weighted by Gasteiger charge is 2.19. The van der Waals surface area contributed by atoms with Crippen molar-refractivity contribution in [3.05, 3.63) is 24.4 Å². The summed E-state index contributed by atoms with van der Waals surface area (Å²) in [6.07, 6.45) is 1.79. The average molecular weight is 222 g/mol. The number of fused-ring (bicyclic) bond motifs is 1. The van der Waals surface area contributed by atoms with Gasteiger partial charge in [-0.2, -0.15) is 4.98 Å². The summed E-state index contributed by atoms with van der Waals surface area (Å²) < 4.78 is 1.63. The first-order valence-electron chi connectivity index (χ1n) is 4.99. The number of rotatable bonds is 4. The molecule has 2 rings (SSSR count). The lowest BCUT2D eigenvalue weighted by Gasteiger charge is -2.19. The van der Waals surface area contributed by atoms with Gasteiger partial charge in [0.05, 0.1) is 6.61 Å². The normalized spacial score (nSPS) is 14.9. The van der Waals surface area contributed by atoms with Crippen LogP contribution in [0.2, 0.25) is 0 Å². The van der Waals surface area contributed by atoms with E-state index in [1.54, 1.807) is 10.7 Å². The van der Waals surface area contributed by atoms with Crippen LogP contribution in [0.15, 0.2) is 24.4 Å². The van der Waals surface area contributed by atoms with Crippen molar-refractivity contribution < 1.29 is 10.2 Å². The van der Waals surface area contributed by atoms with Gasteiger partial charge in [-0.25, -0.2) is 4.52 Å². The molecule has 2 aromatic rings. The van der Waals surface area contributed by atoms with Crippen LogP contribution in [0.25, 0.3) is 5.65 Å². The van der Waals surface area contributed by atoms with E-state index in [1.165, 1.54) is 6.92 Å². The molecule has 0 radical (unpaired) electrons. The molecule has 0 fully saturated rings. The Morgan fingerprint density at radius 1 is 1.50 bits per heavy atom. The predicted molar refractivity (Wildman–Crippen MR) is 59.2 cm³/mol. The van der Waals surface area contributed by atoms with Gasteiger partial charge in [0.2, 0.25) is 5.95 Å². The Morgan fingerprint density at radius 3 is 3.00 bits per heavy atom. The fourth-order valence-electron chi connectivity index (χ4n) is 1.23. The number of pyridine rings is 1. The highest BCUT2D eigenvalue weighted by molar-refractivity contribution is 5.42. The number of nitrogens with zero attached hydrogens (tertiary/aromatic N) is 3. The Balaban J connectivity index is 2.10. The van der Waals surface area contributed by atoms with E-state index in [1.807, 2.05) is 18.2 Å². The summed E-state index contributed by atoms with van der Waals surface area (Å²) in [6.45, 7) is 1.42. The van der Waals surface area contributed by atoms with Gasteiger partial charge in [-0.05, 0) is 19.1 Å². The van der Waals surface area contributed by atoms with Gasteiger partial charge < -0.3 is 15.5 Å². The van der Waals surface area contributed by atoms with Crippen molar-refractivity contribution in [1.82, 2.24) is 14.6 Å². The van der Waals surface area contributed by atoms with Crippen LogP contribution in [0, 0.1) is 0 Å². The molecule has 2 heterocycles. The molecule has 0 saturated carbocycles. The number of aliphatic hydroxyl groups is 2. The molecule has 2 aromatic heterocycles. The molecule has 0 aliphatic heterocycles. The SMILES string of the molecule is CC(O)(CO)CNc1nc2ccccn2n1. The Bertz CT molecular complexity index is 447. The Hall–Kier alpha value is -1.66. The molecule has 16 heavy (non-hydrogen) atoms. The molecule has 3 N–H and O–H groups in total. The number of aliphatic hydroxyl groups excluding tert-OH is 1. The van der Waals surface area contributed by atoms with Crippen molar-refractivity contribution >= 4 is 11.6 Å². The first-order chi connectivity index (χ1) is 7.61. The third kappa shape index (κ3) is 2.29. The average Bonchev–Trinajstić information content (AvgIpc) is 2.69. The van der Waals surface area contributed by atoms with E-state index in [2.05, 4.69) is 15.4 Å². The fraction of sp³-hybridized carbons (Fsp3) is 0.400. The minimum atomic E-state index is -1.17. The van der Waals surface area contributed by atoms with E-state index in [0.717, 1.165) is 5.65 Å². The molecular weight excluding hydrogens is 208 g/mol. The number of anilines is 1. The quantitative estimate of drug-likeness (QED) is 0.672. The summed E-state index contributed by atoms with van der Waals surface area (Å²) in [5.41, 5.74) is -0.439. The Labute approximate surface area is 92.6 Å². The topological polar surface area (TPSA) is 82.7 Å². The largest absolute Gasteiger partial charge is 0.393 e. The smallest absolute Gasteiger partial charge is 0.243 e. The molecule has 0 bridgehead atoms. The zero-order valence-corrected chi connectivity index (χ0v) is 8.96. The number of hydrogen-bond donors (Lipinski definition) is 3. The lowest BCUT2D eigenvalue weighted by Crippen LogP contribution is -2.37. The first kappa shape index (κ1) is 10.8. The van der Waals surface area contributed by atoms with Crippen molar-refractivity contribution in [2.24, 2.45) is 0 Å². The van der Waals surface area contributed by atoms with Crippen molar-refractivity contribution in [2.45, 2.75) is 12.5 Å². The van der Waals surface area contributed by atoms with Crippen molar-refractivity contribution in [3.63, 3.8) is 0 Å². The highest BCUT2D eigenvalue weighted by atomic mass is 16.3. The molecule has 86 valence electrons. The molecule has 6 heteroatoms. The van der Waals surface area contributed by atoms with E-state index >= 15 is 0 Å². The minimum absolute atomic E-state index is 0.195. The van der Waals surface area contributed by atoms with Crippen LogP contribution in [0.5, 0.6) is 0 Å².